The summed E-state index contributed by atoms with van der Waals surface area (Å²) in [6, 6.07) is 14.1. The number of hydrogen-bond donors (Lipinski definition) is 1. The standard InChI is InChI=1S/C18H15N5S/c19-10-14-13-7-9-23(11-15(13)24-17(14)20)16-6-8-21-18(22-16)12-4-2-1-3-5-12/h1-6,8H,7,9,11,20H2. The van der Waals surface area contributed by atoms with Gasteiger partial charge in [-0.3, -0.25) is 0 Å². The molecule has 2 aromatic heterocycles. The maximum Gasteiger partial charge on any atom is 0.161 e. The fraction of sp³-hybridized carbons (Fsp3) is 0.167. The van der Waals surface area contributed by atoms with E-state index in [2.05, 4.69) is 16.0 Å². The molecule has 118 valence electrons. The minimum Gasteiger partial charge on any atom is -0.389 e. The second kappa shape index (κ2) is 5.95. The first-order chi connectivity index (χ1) is 11.8. The maximum absolute atomic E-state index is 9.25. The number of benzene rings is 1. The van der Waals surface area contributed by atoms with Gasteiger partial charge in [0.2, 0.25) is 0 Å². The highest BCUT2D eigenvalue weighted by Crippen LogP contribution is 2.35. The van der Waals surface area contributed by atoms with Crippen LogP contribution in [0.1, 0.15) is 16.0 Å². The summed E-state index contributed by atoms with van der Waals surface area (Å²) in [7, 11) is 0. The van der Waals surface area contributed by atoms with Crippen molar-refractivity contribution in [2.45, 2.75) is 13.0 Å². The third kappa shape index (κ3) is 2.49. The Morgan fingerprint density at radius 2 is 2.04 bits per heavy atom. The number of aromatic nitrogens is 2. The molecular formula is C18H15N5S. The fourth-order valence-corrected chi connectivity index (χ4v) is 4.08. The van der Waals surface area contributed by atoms with Crippen LogP contribution in [0.5, 0.6) is 0 Å². The Hall–Kier alpha value is -2.91. The van der Waals surface area contributed by atoms with Crippen LogP contribution in [0.4, 0.5) is 10.8 Å². The summed E-state index contributed by atoms with van der Waals surface area (Å²) in [6.45, 7) is 1.56. The van der Waals surface area contributed by atoms with Gasteiger partial charge in [0.15, 0.2) is 5.82 Å². The van der Waals surface area contributed by atoms with E-state index in [0.29, 0.717) is 10.6 Å². The van der Waals surface area contributed by atoms with Crippen molar-refractivity contribution in [3.05, 3.63) is 58.6 Å². The number of thiophene rings is 1. The zero-order valence-electron chi connectivity index (χ0n) is 12.9. The first-order valence-electron chi connectivity index (χ1n) is 7.70. The van der Waals surface area contributed by atoms with Gasteiger partial charge in [-0.2, -0.15) is 5.26 Å². The molecule has 3 aromatic rings. The number of nitrogens with two attached hydrogens (primary N) is 1. The van der Waals surface area contributed by atoms with Crippen LogP contribution in [0.25, 0.3) is 11.4 Å². The Bertz CT molecular complexity index is 926. The molecule has 1 aromatic carbocycles. The lowest BCUT2D eigenvalue weighted by Gasteiger charge is -2.28. The Morgan fingerprint density at radius 1 is 1.21 bits per heavy atom. The largest absolute Gasteiger partial charge is 0.389 e. The highest BCUT2D eigenvalue weighted by Gasteiger charge is 2.24. The molecule has 0 atom stereocenters. The van der Waals surface area contributed by atoms with Gasteiger partial charge >= 0.3 is 0 Å². The molecule has 5 nitrogen and oxygen atoms in total. The molecule has 0 fully saturated rings. The molecule has 0 bridgehead atoms. The molecule has 0 aliphatic carbocycles. The van der Waals surface area contributed by atoms with E-state index in [-0.39, 0.29) is 0 Å². The second-order valence-electron chi connectivity index (χ2n) is 5.63. The Balaban J connectivity index is 1.65. The van der Waals surface area contributed by atoms with Crippen molar-refractivity contribution >= 4 is 22.2 Å². The van der Waals surface area contributed by atoms with E-state index < -0.39 is 0 Å². The van der Waals surface area contributed by atoms with Gasteiger partial charge in [0.1, 0.15) is 16.9 Å². The van der Waals surface area contributed by atoms with E-state index in [0.717, 1.165) is 47.2 Å². The lowest BCUT2D eigenvalue weighted by molar-refractivity contribution is 0.731. The quantitative estimate of drug-likeness (QED) is 0.779. The fourth-order valence-electron chi connectivity index (χ4n) is 2.99. The minimum absolute atomic E-state index is 0.622. The van der Waals surface area contributed by atoms with Crippen LogP contribution in [-0.4, -0.2) is 16.5 Å². The van der Waals surface area contributed by atoms with Crippen LogP contribution >= 0.6 is 11.3 Å². The summed E-state index contributed by atoms with van der Waals surface area (Å²) < 4.78 is 0. The van der Waals surface area contributed by atoms with Gasteiger partial charge < -0.3 is 10.6 Å². The SMILES string of the molecule is N#Cc1c(N)sc2c1CCN(c1ccnc(-c3ccccc3)n1)C2. The van der Waals surface area contributed by atoms with E-state index >= 15 is 0 Å². The molecule has 1 aliphatic heterocycles. The number of nitrogen functional groups attached to an aromatic ring is 1. The van der Waals surface area contributed by atoms with Gasteiger partial charge in [0.05, 0.1) is 12.1 Å². The van der Waals surface area contributed by atoms with Gasteiger partial charge in [-0.05, 0) is 18.1 Å². The van der Waals surface area contributed by atoms with E-state index in [4.69, 9.17) is 10.7 Å². The third-order valence-corrected chi connectivity index (χ3v) is 5.24. The molecule has 0 saturated carbocycles. The van der Waals surface area contributed by atoms with Crippen LogP contribution in [0, 0.1) is 11.3 Å². The van der Waals surface area contributed by atoms with Gasteiger partial charge in [-0.1, -0.05) is 30.3 Å². The Morgan fingerprint density at radius 3 is 2.83 bits per heavy atom. The summed E-state index contributed by atoms with van der Waals surface area (Å²) in [5.41, 5.74) is 8.73. The van der Waals surface area contributed by atoms with Gasteiger partial charge in [0.25, 0.3) is 0 Å². The monoisotopic (exact) mass is 333 g/mol. The lowest BCUT2D eigenvalue weighted by Crippen LogP contribution is -2.30. The minimum atomic E-state index is 0.622. The molecule has 0 radical (unpaired) electrons. The molecule has 3 heterocycles. The topological polar surface area (TPSA) is 78.8 Å². The van der Waals surface area contributed by atoms with Crippen molar-refractivity contribution in [3.8, 4) is 17.5 Å². The van der Waals surface area contributed by atoms with Crippen LogP contribution in [-0.2, 0) is 13.0 Å². The van der Waals surface area contributed by atoms with E-state index in [1.165, 1.54) is 11.3 Å². The number of nitrogens with zero attached hydrogens (tertiary/aromatic N) is 4. The number of rotatable bonds is 2. The average Bonchev–Trinajstić information content (AvgIpc) is 2.96. The van der Waals surface area contributed by atoms with Crippen LogP contribution in [0.15, 0.2) is 42.6 Å². The first kappa shape index (κ1) is 14.7. The zero-order chi connectivity index (χ0) is 16.5. The molecule has 0 saturated heterocycles. The van der Waals surface area contributed by atoms with Gasteiger partial charge in [-0.25, -0.2) is 9.97 Å². The molecule has 0 spiro atoms. The molecule has 0 amide bonds. The molecule has 6 heteroatoms. The van der Waals surface area contributed by atoms with Crippen LogP contribution < -0.4 is 10.6 Å². The van der Waals surface area contributed by atoms with Crippen LogP contribution in [0.3, 0.4) is 0 Å². The predicted molar refractivity (Wildman–Crippen MR) is 95.7 cm³/mol. The first-order valence-corrected chi connectivity index (χ1v) is 8.51. The van der Waals surface area contributed by atoms with Gasteiger partial charge in [0, 0.05) is 23.2 Å². The summed E-state index contributed by atoms with van der Waals surface area (Å²) in [5.74, 6) is 1.63. The van der Waals surface area contributed by atoms with Crippen molar-refractivity contribution in [2.75, 3.05) is 17.2 Å². The van der Waals surface area contributed by atoms with Crippen molar-refractivity contribution in [3.63, 3.8) is 0 Å². The molecule has 24 heavy (non-hydrogen) atoms. The van der Waals surface area contributed by atoms with E-state index in [9.17, 15) is 5.26 Å². The lowest BCUT2D eigenvalue weighted by atomic mass is 10.0. The zero-order valence-corrected chi connectivity index (χ0v) is 13.8. The summed E-state index contributed by atoms with van der Waals surface area (Å²) in [4.78, 5) is 12.5. The number of fused-ring (bicyclic) bond motifs is 1. The summed E-state index contributed by atoms with van der Waals surface area (Å²) >= 11 is 1.51. The van der Waals surface area contributed by atoms with Crippen molar-refractivity contribution < 1.29 is 0 Å². The van der Waals surface area contributed by atoms with Crippen LogP contribution in [0.2, 0.25) is 0 Å². The highest BCUT2D eigenvalue weighted by atomic mass is 32.1. The number of nitriles is 1. The van der Waals surface area contributed by atoms with Crippen molar-refractivity contribution in [2.24, 2.45) is 0 Å². The second-order valence-corrected chi connectivity index (χ2v) is 6.77. The highest BCUT2D eigenvalue weighted by molar-refractivity contribution is 7.16. The normalized spacial score (nSPS) is 13.4. The van der Waals surface area contributed by atoms with Gasteiger partial charge in [-0.15, -0.1) is 11.3 Å². The molecule has 2 N–H and O–H groups in total. The van der Waals surface area contributed by atoms with Crippen molar-refractivity contribution in [1.82, 2.24) is 9.97 Å². The maximum atomic E-state index is 9.25. The molecule has 4 rings (SSSR count). The Labute approximate surface area is 144 Å². The molecule has 0 unspecified atom stereocenters. The smallest absolute Gasteiger partial charge is 0.161 e. The Kier molecular flexibility index (Phi) is 3.63. The summed E-state index contributed by atoms with van der Waals surface area (Å²) in [6.07, 6.45) is 2.61. The molecule has 1 aliphatic rings. The molecular weight excluding hydrogens is 318 g/mol. The number of anilines is 2. The predicted octanol–water partition coefficient (Wildman–Crippen LogP) is 3.22. The number of hydrogen-bond acceptors (Lipinski definition) is 6. The average molecular weight is 333 g/mol. The third-order valence-electron chi connectivity index (χ3n) is 4.19. The van der Waals surface area contributed by atoms with Crippen molar-refractivity contribution in [1.29, 1.82) is 5.26 Å². The summed E-state index contributed by atoms with van der Waals surface area (Å²) in [5, 5.41) is 9.87. The van der Waals surface area contributed by atoms with E-state index in [1.807, 2.05) is 36.4 Å². The van der Waals surface area contributed by atoms with E-state index in [1.54, 1.807) is 6.20 Å².